The number of carbonyl (C=O) groups is 1. The number of rotatable bonds is 7. The molecule has 8 nitrogen and oxygen atoms in total. The third-order valence-corrected chi connectivity index (χ3v) is 6.35. The second-order valence-corrected chi connectivity index (χ2v) is 9.90. The summed E-state index contributed by atoms with van der Waals surface area (Å²) in [6.45, 7) is 1.36. The van der Waals surface area contributed by atoms with Crippen molar-refractivity contribution >= 4 is 55.3 Å². The molecular weight excluding hydrogens is 480 g/mol. The van der Waals surface area contributed by atoms with Crippen molar-refractivity contribution in [2.24, 2.45) is 0 Å². The van der Waals surface area contributed by atoms with Gasteiger partial charge >= 0.3 is 16.1 Å². The van der Waals surface area contributed by atoms with Crippen molar-refractivity contribution in [3.63, 3.8) is 0 Å². The van der Waals surface area contributed by atoms with Crippen LogP contribution in [0.3, 0.4) is 0 Å². The summed E-state index contributed by atoms with van der Waals surface area (Å²) in [7, 11) is 1.15. The molecule has 0 saturated heterocycles. The zero-order chi connectivity index (χ0) is 26.0. The van der Waals surface area contributed by atoms with Gasteiger partial charge in [0.1, 0.15) is 11.5 Å². The van der Waals surface area contributed by atoms with Crippen LogP contribution in [-0.2, 0) is 25.5 Å². The average Bonchev–Trinajstić information content (AvgIpc) is 2.82. The summed E-state index contributed by atoms with van der Waals surface area (Å²) in [6, 6.07) is 18.6. The van der Waals surface area contributed by atoms with Crippen LogP contribution in [0.1, 0.15) is 18.1 Å². The van der Waals surface area contributed by atoms with Gasteiger partial charge in [-0.15, -0.1) is 0 Å². The molecule has 0 bridgehead atoms. The van der Waals surface area contributed by atoms with Crippen LogP contribution in [0.4, 0.5) is 5.69 Å². The number of ether oxygens (including phenoxy) is 2. The molecular formula is C27H27N2O6S+. The number of anilines is 1. The van der Waals surface area contributed by atoms with Crippen molar-refractivity contribution in [3.8, 4) is 5.75 Å². The Kier molecular flexibility index (Phi) is 6.96. The second kappa shape index (κ2) is 9.96. The van der Waals surface area contributed by atoms with E-state index in [4.69, 9.17) is 9.47 Å². The third-order valence-electron chi connectivity index (χ3n) is 5.75. The first-order valence-electron chi connectivity index (χ1n) is 11.1. The Balaban J connectivity index is 2.00. The van der Waals surface area contributed by atoms with Gasteiger partial charge in [-0.3, -0.25) is 9.35 Å². The van der Waals surface area contributed by atoms with Crippen LogP contribution in [-0.4, -0.2) is 40.1 Å². The molecule has 36 heavy (non-hydrogen) atoms. The van der Waals surface area contributed by atoms with Crippen molar-refractivity contribution in [3.05, 3.63) is 78.0 Å². The van der Waals surface area contributed by atoms with E-state index in [1.165, 1.54) is 11.5 Å². The Labute approximate surface area is 209 Å². The van der Waals surface area contributed by atoms with E-state index in [1.807, 2.05) is 67.5 Å². The largest absolute Gasteiger partial charge is 0.496 e. The van der Waals surface area contributed by atoms with E-state index >= 15 is 0 Å². The normalized spacial score (nSPS) is 12.1. The lowest BCUT2D eigenvalue weighted by atomic mass is 9.98. The number of aromatic nitrogens is 1. The second-order valence-electron chi connectivity index (χ2n) is 8.48. The minimum Gasteiger partial charge on any atom is -0.496 e. The number of methoxy groups -OCH3 is 1. The van der Waals surface area contributed by atoms with Crippen LogP contribution >= 0.6 is 0 Å². The van der Waals surface area contributed by atoms with Gasteiger partial charge in [-0.05, 0) is 17.5 Å². The van der Waals surface area contributed by atoms with E-state index in [0.717, 1.165) is 21.8 Å². The summed E-state index contributed by atoms with van der Waals surface area (Å²) < 4.78 is 45.3. The van der Waals surface area contributed by atoms with Crippen LogP contribution in [0.15, 0.2) is 66.9 Å². The first-order chi connectivity index (χ1) is 17.1. The highest BCUT2D eigenvalue weighted by Gasteiger charge is 2.21. The van der Waals surface area contributed by atoms with E-state index in [1.54, 1.807) is 31.5 Å². The summed E-state index contributed by atoms with van der Waals surface area (Å²) in [4.78, 5) is 13.9. The molecule has 3 aromatic carbocycles. The van der Waals surface area contributed by atoms with Crippen LogP contribution in [0.25, 0.3) is 33.5 Å². The minimum absolute atomic E-state index is 0.390. The number of pyridine rings is 1. The van der Waals surface area contributed by atoms with Gasteiger partial charge in [0.25, 0.3) is 5.88 Å². The van der Waals surface area contributed by atoms with Crippen LogP contribution < -0.4 is 14.2 Å². The van der Waals surface area contributed by atoms with Crippen LogP contribution in [0.5, 0.6) is 5.75 Å². The number of fused-ring (bicyclic) bond motifs is 2. The van der Waals surface area contributed by atoms with Crippen molar-refractivity contribution in [1.82, 2.24) is 0 Å². The maximum atomic E-state index is 12.0. The Hall–Kier alpha value is -3.95. The topological polar surface area (TPSA) is 97.0 Å². The Morgan fingerprint density at radius 3 is 2.28 bits per heavy atom. The zero-order valence-electron chi connectivity index (χ0n) is 20.4. The monoisotopic (exact) mass is 507 g/mol. The Morgan fingerprint density at radius 1 is 1.03 bits per heavy atom. The highest BCUT2D eigenvalue weighted by atomic mass is 32.2. The van der Waals surface area contributed by atoms with E-state index < -0.39 is 22.0 Å². The molecule has 0 aliphatic carbocycles. The molecule has 0 atom stereocenters. The lowest BCUT2D eigenvalue weighted by Crippen LogP contribution is -2.38. The molecule has 0 aliphatic heterocycles. The molecule has 0 unspecified atom stereocenters. The molecule has 1 N–H and O–H groups in total. The van der Waals surface area contributed by atoms with Crippen molar-refractivity contribution < 1.29 is 31.8 Å². The standard InChI is InChI=1S/C27H26N2O6S/c1-18(30)35-27-16-25(28(2)3)20-10-6-5-9-19(20)23(27)15-26(34-4)22-13-14-29(17-36(31,32)33)24-12-8-7-11-21(22)24/h5-16H,17H2,1-4H3/p+1. The molecule has 0 spiro atoms. The molecule has 1 aromatic heterocycles. The van der Waals surface area contributed by atoms with Crippen molar-refractivity contribution in [2.75, 3.05) is 26.1 Å². The fourth-order valence-corrected chi connectivity index (χ4v) is 4.86. The van der Waals surface area contributed by atoms with Gasteiger partial charge in [0, 0.05) is 61.4 Å². The van der Waals surface area contributed by atoms with Gasteiger partial charge < -0.3 is 14.4 Å². The highest BCUT2D eigenvalue weighted by Crippen LogP contribution is 2.38. The first-order valence-corrected chi connectivity index (χ1v) is 12.7. The first kappa shape index (κ1) is 25.2. The van der Waals surface area contributed by atoms with Gasteiger partial charge in [0.15, 0.2) is 6.20 Å². The molecule has 0 aliphatic rings. The lowest BCUT2D eigenvalue weighted by Gasteiger charge is -2.20. The van der Waals surface area contributed by atoms with Crippen LogP contribution in [0, 0.1) is 0 Å². The number of carbonyl (C=O) groups excluding carboxylic acids is 1. The van der Waals surface area contributed by atoms with E-state index in [0.29, 0.717) is 28.2 Å². The maximum Gasteiger partial charge on any atom is 0.326 e. The smallest absolute Gasteiger partial charge is 0.326 e. The van der Waals surface area contributed by atoms with E-state index in [2.05, 4.69) is 0 Å². The van der Waals surface area contributed by atoms with Crippen LogP contribution in [0.2, 0.25) is 0 Å². The quantitative estimate of drug-likeness (QED) is 0.131. The molecule has 0 fully saturated rings. The summed E-state index contributed by atoms with van der Waals surface area (Å²) in [6.07, 6.45) is 3.40. The zero-order valence-corrected chi connectivity index (χ0v) is 21.2. The molecule has 0 radical (unpaired) electrons. The number of para-hydroxylation sites is 1. The molecule has 1 heterocycles. The number of benzene rings is 3. The molecule has 4 rings (SSSR count). The number of hydrogen-bond acceptors (Lipinski definition) is 6. The SMILES string of the molecule is CO/C(=C\c1c(OC(C)=O)cc(N(C)C)c2ccccc12)c1cc[n+](CS(=O)(=O)O)c2ccccc12. The van der Waals surface area contributed by atoms with Gasteiger partial charge in [-0.1, -0.05) is 36.4 Å². The van der Waals surface area contributed by atoms with Gasteiger partial charge in [-0.25, -0.2) is 0 Å². The Morgan fingerprint density at radius 2 is 1.67 bits per heavy atom. The molecule has 0 saturated carbocycles. The molecule has 9 heteroatoms. The summed E-state index contributed by atoms with van der Waals surface area (Å²) in [5.41, 5.74) is 2.87. The number of nitrogens with zero attached hydrogens (tertiary/aromatic N) is 2. The van der Waals surface area contributed by atoms with Crippen molar-refractivity contribution in [1.29, 1.82) is 0 Å². The van der Waals surface area contributed by atoms with E-state index in [-0.39, 0.29) is 0 Å². The predicted molar refractivity (Wildman–Crippen MR) is 140 cm³/mol. The molecule has 4 aromatic rings. The highest BCUT2D eigenvalue weighted by molar-refractivity contribution is 7.84. The van der Waals surface area contributed by atoms with Gasteiger partial charge in [0.2, 0.25) is 5.52 Å². The molecule has 0 amide bonds. The van der Waals surface area contributed by atoms with Crippen molar-refractivity contribution in [2.45, 2.75) is 12.8 Å². The summed E-state index contributed by atoms with van der Waals surface area (Å²) in [5.74, 6) is -0.143. The average molecular weight is 508 g/mol. The van der Waals surface area contributed by atoms with Gasteiger partial charge in [0.05, 0.1) is 12.5 Å². The fourth-order valence-electron chi connectivity index (χ4n) is 4.28. The number of hydrogen-bond donors (Lipinski definition) is 1. The van der Waals surface area contributed by atoms with E-state index in [9.17, 15) is 17.8 Å². The Bertz CT molecular complexity index is 1610. The maximum absolute atomic E-state index is 12.0. The lowest BCUT2D eigenvalue weighted by molar-refractivity contribution is -0.651. The molecule has 186 valence electrons. The summed E-state index contributed by atoms with van der Waals surface area (Å²) in [5, 5.41) is 2.57. The number of esters is 1. The van der Waals surface area contributed by atoms with Gasteiger partial charge in [-0.2, -0.15) is 13.0 Å². The minimum atomic E-state index is -4.24. The third kappa shape index (κ3) is 5.17. The predicted octanol–water partition coefficient (Wildman–Crippen LogP) is 4.26. The fraction of sp³-hybridized carbons (Fsp3) is 0.185. The summed E-state index contributed by atoms with van der Waals surface area (Å²) >= 11 is 0.